The van der Waals surface area contributed by atoms with Crippen molar-refractivity contribution in [2.45, 2.75) is 0 Å². The van der Waals surface area contributed by atoms with E-state index in [0.29, 0.717) is 10.8 Å². The highest BCUT2D eigenvalue weighted by molar-refractivity contribution is 6.31. The number of carbonyl (C=O) groups is 1. The number of amides is 1. The van der Waals surface area contributed by atoms with Crippen molar-refractivity contribution in [2.75, 3.05) is 38.2 Å². The normalized spacial score (nSPS) is 14.4. The Balaban J connectivity index is 1.81. The number of benzene rings is 2. The number of piperazine rings is 1. The lowest BCUT2D eigenvalue weighted by molar-refractivity contribution is 0.0743. The maximum Gasteiger partial charge on any atom is 0.257 e. The predicted molar refractivity (Wildman–Crippen MR) is 92.4 cm³/mol. The molecule has 2 aromatic rings. The maximum absolute atomic E-state index is 14.0. The van der Waals surface area contributed by atoms with E-state index in [1.54, 1.807) is 6.07 Å². The fraction of sp³-hybridized carbons (Fsp3) is 0.278. The Morgan fingerprint density at radius 2 is 1.46 bits per heavy atom. The van der Waals surface area contributed by atoms with Crippen LogP contribution < -0.4 is 9.64 Å². The molecular weight excluding hydrogens is 407 g/mol. The first-order chi connectivity index (χ1) is 13.3. The van der Waals surface area contributed by atoms with Gasteiger partial charge in [0.05, 0.1) is 12.7 Å². The lowest BCUT2D eigenvalue weighted by Gasteiger charge is -2.36. The Bertz CT molecular complexity index is 904. The molecule has 0 N–H and O–H groups in total. The Morgan fingerprint density at radius 3 is 2.00 bits per heavy atom. The number of halogens is 6. The van der Waals surface area contributed by atoms with Crippen LogP contribution in [0.2, 0.25) is 5.02 Å². The SMILES string of the molecule is COc1ccc(Cl)cc1C(=O)N1CCN(c2c(F)c(F)c(F)c(F)c2F)CC1. The van der Waals surface area contributed by atoms with Crippen molar-refractivity contribution in [2.24, 2.45) is 0 Å². The fourth-order valence-corrected chi connectivity index (χ4v) is 3.19. The van der Waals surface area contributed by atoms with Gasteiger partial charge in [0.25, 0.3) is 5.91 Å². The molecule has 0 aromatic heterocycles. The first-order valence-corrected chi connectivity index (χ1v) is 8.53. The smallest absolute Gasteiger partial charge is 0.257 e. The minimum Gasteiger partial charge on any atom is -0.496 e. The van der Waals surface area contributed by atoms with Gasteiger partial charge in [-0.1, -0.05) is 11.6 Å². The zero-order valence-electron chi connectivity index (χ0n) is 14.5. The highest BCUT2D eigenvalue weighted by Crippen LogP contribution is 2.31. The van der Waals surface area contributed by atoms with E-state index in [1.165, 1.54) is 24.1 Å². The van der Waals surface area contributed by atoms with Crippen molar-refractivity contribution >= 4 is 23.2 Å². The number of hydrogen-bond donors (Lipinski definition) is 0. The van der Waals surface area contributed by atoms with E-state index < -0.39 is 40.7 Å². The van der Waals surface area contributed by atoms with Crippen LogP contribution in [0.15, 0.2) is 18.2 Å². The lowest BCUT2D eigenvalue weighted by Crippen LogP contribution is -2.49. The average Bonchev–Trinajstić information content (AvgIpc) is 2.71. The molecule has 0 unspecified atom stereocenters. The van der Waals surface area contributed by atoms with Crippen LogP contribution in [-0.4, -0.2) is 44.1 Å². The van der Waals surface area contributed by atoms with E-state index in [2.05, 4.69) is 0 Å². The van der Waals surface area contributed by atoms with Crippen LogP contribution in [0.4, 0.5) is 27.6 Å². The number of carbonyl (C=O) groups excluding carboxylic acids is 1. The van der Waals surface area contributed by atoms with Gasteiger partial charge >= 0.3 is 0 Å². The predicted octanol–water partition coefficient (Wildman–Crippen LogP) is 4.01. The lowest BCUT2D eigenvalue weighted by atomic mass is 10.1. The standard InChI is InChI=1S/C18H14ClF5N2O2/c1-28-11-3-2-9(19)8-10(11)18(27)26-6-4-25(5-7-26)17-15(23)13(21)12(20)14(22)16(17)24/h2-3,8H,4-7H2,1H3. The summed E-state index contributed by atoms with van der Waals surface area (Å²) in [5, 5.41) is 0.323. The topological polar surface area (TPSA) is 32.8 Å². The zero-order valence-corrected chi connectivity index (χ0v) is 15.3. The summed E-state index contributed by atoms with van der Waals surface area (Å²) in [6, 6.07) is 4.51. The van der Waals surface area contributed by atoms with Crippen LogP contribution in [0.25, 0.3) is 0 Å². The second-order valence-electron chi connectivity index (χ2n) is 6.04. The van der Waals surface area contributed by atoms with Crippen LogP contribution in [0.3, 0.4) is 0 Å². The van der Waals surface area contributed by atoms with Gasteiger partial charge in [-0.3, -0.25) is 4.79 Å². The molecule has 3 rings (SSSR count). The van der Waals surface area contributed by atoms with Crippen LogP contribution in [0.5, 0.6) is 5.75 Å². The summed E-state index contributed by atoms with van der Waals surface area (Å²) in [4.78, 5) is 15.1. The Hall–Kier alpha value is -2.55. The molecule has 0 radical (unpaired) electrons. The molecular formula is C18H14ClF5N2O2. The minimum absolute atomic E-state index is 0.00793. The fourth-order valence-electron chi connectivity index (χ4n) is 3.02. The van der Waals surface area contributed by atoms with Gasteiger partial charge in [-0.15, -0.1) is 0 Å². The van der Waals surface area contributed by atoms with Gasteiger partial charge in [0.2, 0.25) is 5.82 Å². The summed E-state index contributed by atoms with van der Waals surface area (Å²) in [5.74, 6) is -10.1. The van der Waals surface area contributed by atoms with Crippen molar-refractivity contribution in [3.63, 3.8) is 0 Å². The van der Waals surface area contributed by atoms with Crippen LogP contribution in [0.1, 0.15) is 10.4 Å². The van der Waals surface area contributed by atoms with Gasteiger partial charge in [-0.05, 0) is 18.2 Å². The molecule has 150 valence electrons. The number of nitrogens with zero attached hydrogens (tertiary/aromatic N) is 2. The molecule has 1 amide bonds. The highest BCUT2D eigenvalue weighted by atomic mass is 35.5. The summed E-state index contributed by atoms with van der Waals surface area (Å²) in [5.41, 5.74) is -0.788. The van der Waals surface area contributed by atoms with Crippen molar-refractivity contribution in [3.05, 3.63) is 57.9 Å². The summed E-state index contributed by atoms with van der Waals surface area (Å²) >= 11 is 5.92. The molecule has 0 spiro atoms. The first-order valence-electron chi connectivity index (χ1n) is 8.15. The largest absolute Gasteiger partial charge is 0.496 e. The zero-order chi connectivity index (χ0) is 20.6. The molecule has 10 heteroatoms. The minimum atomic E-state index is -2.21. The summed E-state index contributed by atoms with van der Waals surface area (Å²) < 4.78 is 73.1. The Kier molecular flexibility index (Phi) is 5.64. The summed E-state index contributed by atoms with van der Waals surface area (Å²) in [6.07, 6.45) is 0. The molecule has 4 nitrogen and oxygen atoms in total. The summed E-state index contributed by atoms with van der Waals surface area (Å²) in [6.45, 7) is -0.220. The van der Waals surface area contributed by atoms with Crippen LogP contribution in [-0.2, 0) is 0 Å². The molecule has 1 saturated heterocycles. The van der Waals surface area contributed by atoms with Gasteiger partial charge in [-0.25, -0.2) is 22.0 Å². The molecule has 0 aliphatic carbocycles. The third kappa shape index (κ3) is 3.46. The maximum atomic E-state index is 14.0. The van der Waals surface area contributed by atoms with Gasteiger partial charge in [0, 0.05) is 31.2 Å². The number of ether oxygens (including phenoxy) is 1. The van der Waals surface area contributed by atoms with E-state index >= 15 is 0 Å². The van der Waals surface area contributed by atoms with E-state index in [1.807, 2.05) is 0 Å². The second kappa shape index (κ2) is 7.83. The van der Waals surface area contributed by atoms with E-state index in [-0.39, 0.29) is 31.7 Å². The molecule has 1 aliphatic heterocycles. The van der Waals surface area contributed by atoms with Crippen molar-refractivity contribution in [1.29, 1.82) is 0 Å². The molecule has 1 heterocycles. The quantitative estimate of drug-likeness (QED) is 0.427. The van der Waals surface area contributed by atoms with Crippen LogP contribution >= 0.6 is 11.6 Å². The second-order valence-corrected chi connectivity index (χ2v) is 6.48. The average molecular weight is 421 g/mol. The molecule has 1 fully saturated rings. The van der Waals surface area contributed by atoms with E-state index in [0.717, 1.165) is 4.90 Å². The molecule has 0 bridgehead atoms. The number of anilines is 1. The highest BCUT2D eigenvalue weighted by Gasteiger charge is 2.32. The van der Waals surface area contributed by atoms with E-state index in [4.69, 9.17) is 16.3 Å². The monoisotopic (exact) mass is 420 g/mol. The first kappa shape index (κ1) is 20.2. The number of hydrogen-bond acceptors (Lipinski definition) is 3. The van der Waals surface area contributed by atoms with Gasteiger partial charge in [-0.2, -0.15) is 0 Å². The number of rotatable bonds is 3. The Morgan fingerprint density at radius 1 is 0.929 bits per heavy atom. The van der Waals surface area contributed by atoms with E-state index in [9.17, 15) is 26.7 Å². The van der Waals surface area contributed by atoms with Crippen molar-refractivity contribution < 1.29 is 31.5 Å². The van der Waals surface area contributed by atoms with Gasteiger partial charge in [0.1, 0.15) is 11.4 Å². The Labute approximate surface area is 162 Å². The molecule has 0 saturated carbocycles. The van der Waals surface area contributed by atoms with Crippen molar-refractivity contribution in [3.8, 4) is 5.75 Å². The van der Waals surface area contributed by atoms with Crippen LogP contribution in [0, 0.1) is 29.1 Å². The third-order valence-electron chi connectivity index (χ3n) is 4.46. The summed E-state index contributed by atoms with van der Waals surface area (Å²) in [7, 11) is 1.39. The molecule has 2 aromatic carbocycles. The third-order valence-corrected chi connectivity index (χ3v) is 4.70. The van der Waals surface area contributed by atoms with Gasteiger partial charge in [0.15, 0.2) is 23.3 Å². The molecule has 1 aliphatic rings. The molecule has 28 heavy (non-hydrogen) atoms. The molecule has 0 atom stereocenters. The van der Waals surface area contributed by atoms with Crippen molar-refractivity contribution in [1.82, 2.24) is 4.90 Å². The van der Waals surface area contributed by atoms with Gasteiger partial charge < -0.3 is 14.5 Å². The number of methoxy groups -OCH3 is 1.